The zero-order valence-electron chi connectivity index (χ0n) is 21.5. The number of rotatable bonds is 11. The number of carbonyl (C=O) groups is 2. The molecule has 0 aliphatic rings. The molecule has 0 heterocycles. The van der Waals surface area contributed by atoms with Gasteiger partial charge in [0.15, 0.2) is 0 Å². The van der Waals surface area contributed by atoms with E-state index in [4.69, 9.17) is 4.74 Å². The minimum Gasteiger partial charge on any atom is -0.497 e. The predicted molar refractivity (Wildman–Crippen MR) is 144 cm³/mol. The number of benzene rings is 3. The molecule has 0 saturated carbocycles. The van der Waals surface area contributed by atoms with Crippen LogP contribution < -0.4 is 14.4 Å². The zero-order chi connectivity index (χ0) is 27.0. The lowest BCUT2D eigenvalue weighted by atomic mass is 10.1. The van der Waals surface area contributed by atoms with Crippen LogP contribution in [0.2, 0.25) is 0 Å². The van der Waals surface area contributed by atoms with Gasteiger partial charge in [-0.3, -0.25) is 13.9 Å². The summed E-state index contributed by atoms with van der Waals surface area (Å²) in [4.78, 5) is 28.2. The van der Waals surface area contributed by atoms with Crippen molar-refractivity contribution in [2.45, 2.75) is 44.3 Å². The molecule has 1 atom stereocenters. The molecule has 0 bridgehead atoms. The molecule has 0 aromatic heterocycles. The normalized spacial score (nSPS) is 12.0. The van der Waals surface area contributed by atoms with E-state index in [1.54, 1.807) is 74.7 Å². The van der Waals surface area contributed by atoms with Crippen molar-refractivity contribution < 1.29 is 22.7 Å². The van der Waals surface area contributed by atoms with Gasteiger partial charge in [0.05, 0.1) is 17.7 Å². The number of amides is 2. The third-order valence-electron chi connectivity index (χ3n) is 5.76. The van der Waals surface area contributed by atoms with Crippen LogP contribution in [0.5, 0.6) is 5.75 Å². The van der Waals surface area contributed by atoms with Crippen molar-refractivity contribution in [1.29, 1.82) is 0 Å². The van der Waals surface area contributed by atoms with Gasteiger partial charge in [0, 0.05) is 12.6 Å². The Morgan fingerprint density at radius 1 is 0.865 bits per heavy atom. The van der Waals surface area contributed by atoms with Crippen LogP contribution in [0, 0.1) is 0 Å². The van der Waals surface area contributed by atoms with E-state index in [0.717, 1.165) is 9.87 Å². The van der Waals surface area contributed by atoms with Gasteiger partial charge >= 0.3 is 0 Å². The SMILES string of the molecule is COc1ccc(CN(C(=O)CN(c2ccccc2)S(=O)(=O)c2ccccc2)[C@H](C)C(=O)NC(C)C)cc1. The van der Waals surface area contributed by atoms with Crippen LogP contribution >= 0.6 is 0 Å². The number of methoxy groups -OCH3 is 1. The Hall–Kier alpha value is -3.85. The summed E-state index contributed by atoms with van der Waals surface area (Å²) < 4.78 is 33.6. The number of hydrogen-bond donors (Lipinski definition) is 1. The summed E-state index contributed by atoms with van der Waals surface area (Å²) >= 11 is 0. The summed E-state index contributed by atoms with van der Waals surface area (Å²) in [6, 6.07) is 22.6. The van der Waals surface area contributed by atoms with E-state index < -0.39 is 28.5 Å². The predicted octanol–water partition coefficient (Wildman–Crippen LogP) is 3.83. The highest BCUT2D eigenvalue weighted by atomic mass is 32.2. The minimum atomic E-state index is -4.06. The highest BCUT2D eigenvalue weighted by Crippen LogP contribution is 2.24. The monoisotopic (exact) mass is 523 g/mol. The van der Waals surface area contributed by atoms with Gasteiger partial charge in [-0.1, -0.05) is 48.5 Å². The second-order valence-electron chi connectivity index (χ2n) is 8.87. The first kappa shape index (κ1) is 27.7. The first-order valence-electron chi connectivity index (χ1n) is 12.0. The van der Waals surface area contributed by atoms with Crippen molar-refractivity contribution in [1.82, 2.24) is 10.2 Å². The van der Waals surface area contributed by atoms with E-state index in [-0.39, 0.29) is 23.4 Å². The van der Waals surface area contributed by atoms with Crippen LogP contribution in [0.25, 0.3) is 0 Å². The maximum absolute atomic E-state index is 13.8. The zero-order valence-corrected chi connectivity index (χ0v) is 22.3. The first-order chi connectivity index (χ1) is 17.6. The van der Waals surface area contributed by atoms with Gasteiger partial charge in [0.2, 0.25) is 11.8 Å². The molecule has 1 N–H and O–H groups in total. The smallest absolute Gasteiger partial charge is 0.264 e. The molecular formula is C28H33N3O5S. The van der Waals surface area contributed by atoms with Gasteiger partial charge in [-0.25, -0.2) is 8.42 Å². The molecule has 196 valence electrons. The van der Waals surface area contributed by atoms with E-state index in [0.29, 0.717) is 11.4 Å². The highest BCUT2D eigenvalue weighted by molar-refractivity contribution is 7.92. The molecule has 0 aliphatic heterocycles. The van der Waals surface area contributed by atoms with E-state index in [9.17, 15) is 18.0 Å². The Bertz CT molecular complexity index is 1280. The second-order valence-corrected chi connectivity index (χ2v) is 10.7. The van der Waals surface area contributed by atoms with Crippen molar-refractivity contribution in [3.05, 3.63) is 90.5 Å². The Morgan fingerprint density at radius 3 is 1.97 bits per heavy atom. The van der Waals surface area contributed by atoms with Gasteiger partial charge in [-0.05, 0) is 62.7 Å². The van der Waals surface area contributed by atoms with Crippen molar-refractivity contribution in [3.63, 3.8) is 0 Å². The van der Waals surface area contributed by atoms with E-state index in [1.165, 1.54) is 17.0 Å². The molecule has 2 amide bonds. The maximum atomic E-state index is 13.8. The molecule has 0 aliphatic carbocycles. The molecule has 3 rings (SSSR count). The fraction of sp³-hybridized carbons (Fsp3) is 0.286. The molecule has 37 heavy (non-hydrogen) atoms. The molecule has 0 spiro atoms. The van der Waals surface area contributed by atoms with Crippen LogP contribution in [0.15, 0.2) is 89.8 Å². The fourth-order valence-electron chi connectivity index (χ4n) is 3.76. The third kappa shape index (κ3) is 7.10. The number of hydrogen-bond acceptors (Lipinski definition) is 5. The number of para-hydroxylation sites is 1. The van der Waals surface area contributed by atoms with Crippen LogP contribution in [0.4, 0.5) is 5.69 Å². The Labute approximate surface area is 218 Å². The summed E-state index contributed by atoms with van der Waals surface area (Å²) in [6.45, 7) is 4.95. The summed E-state index contributed by atoms with van der Waals surface area (Å²) in [5.74, 6) is -0.170. The second kappa shape index (κ2) is 12.4. The van der Waals surface area contributed by atoms with Crippen molar-refractivity contribution >= 4 is 27.5 Å². The summed E-state index contributed by atoms with van der Waals surface area (Å²) in [6.07, 6.45) is 0. The molecule has 9 heteroatoms. The summed E-state index contributed by atoms with van der Waals surface area (Å²) in [7, 11) is -2.50. The Morgan fingerprint density at radius 2 is 1.43 bits per heavy atom. The maximum Gasteiger partial charge on any atom is 0.264 e. The lowest BCUT2D eigenvalue weighted by Gasteiger charge is -2.32. The number of anilines is 1. The molecular weight excluding hydrogens is 490 g/mol. The molecule has 0 saturated heterocycles. The highest BCUT2D eigenvalue weighted by Gasteiger charge is 2.32. The average Bonchev–Trinajstić information content (AvgIpc) is 2.90. The fourth-order valence-corrected chi connectivity index (χ4v) is 5.19. The van der Waals surface area contributed by atoms with Crippen LogP contribution in [-0.4, -0.2) is 50.9 Å². The summed E-state index contributed by atoms with van der Waals surface area (Å²) in [5, 5.41) is 2.84. The Kier molecular flexibility index (Phi) is 9.30. The van der Waals surface area contributed by atoms with Crippen molar-refractivity contribution in [2.75, 3.05) is 18.0 Å². The van der Waals surface area contributed by atoms with E-state index in [2.05, 4.69) is 5.32 Å². The molecule has 0 radical (unpaired) electrons. The standard InChI is InChI=1S/C28H33N3O5S/c1-21(2)29-28(33)22(3)30(19-23-15-17-25(36-4)18-16-23)27(32)20-31(24-11-7-5-8-12-24)37(34,35)26-13-9-6-10-14-26/h5-18,21-22H,19-20H2,1-4H3,(H,29,33)/t22-/m1/s1. The quantitative estimate of drug-likeness (QED) is 0.412. The first-order valence-corrected chi connectivity index (χ1v) is 13.4. The van der Waals surface area contributed by atoms with Gasteiger partial charge in [0.25, 0.3) is 10.0 Å². The number of carbonyl (C=O) groups excluding carboxylic acids is 2. The minimum absolute atomic E-state index is 0.0685. The molecule has 3 aromatic rings. The number of nitrogens with one attached hydrogen (secondary N) is 1. The van der Waals surface area contributed by atoms with Crippen LogP contribution in [0.3, 0.4) is 0 Å². The van der Waals surface area contributed by atoms with Gasteiger partial charge in [0.1, 0.15) is 18.3 Å². The topological polar surface area (TPSA) is 96.0 Å². The lowest BCUT2D eigenvalue weighted by Crippen LogP contribution is -2.52. The van der Waals surface area contributed by atoms with Crippen molar-refractivity contribution in [3.8, 4) is 5.75 Å². The van der Waals surface area contributed by atoms with Gasteiger partial charge < -0.3 is 15.0 Å². The largest absolute Gasteiger partial charge is 0.497 e. The van der Waals surface area contributed by atoms with E-state index >= 15 is 0 Å². The van der Waals surface area contributed by atoms with Gasteiger partial charge in [-0.2, -0.15) is 0 Å². The average molecular weight is 524 g/mol. The number of sulfonamides is 1. The van der Waals surface area contributed by atoms with E-state index in [1.807, 2.05) is 26.0 Å². The third-order valence-corrected chi connectivity index (χ3v) is 7.55. The molecule has 8 nitrogen and oxygen atoms in total. The number of ether oxygens (including phenoxy) is 1. The van der Waals surface area contributed by atoms with Gasteiger partial charge in [-0.15, -0.1) is 0 Å². The molecule has 0 fully saturated rings. The molecule has 3 aromatic carbocycles. The van der Waals surface area contributed by atoms with Crippen molar-refractivity contribution in [2.24, 2.45) is 0 Å². The summed E-state index contributed by atoms with van der Waals surface area (Å²) in [5.41, 5.74) is 1.12. The molecule has 0 unspecified atom stereocenters. The number of nitrogens with zero attached hydrogens (tertiary/aromatic N) is 2. The lowest BCUT2D eigenvalue weighted by molar-refractivity contribution is -0.139. The van der Waals surface area contributed by atoms with Crippen LogP contribution in [0.1, 0.15) is 26.3 Å². The van der Waals surface area contributed by atoms with Crippen LogP contribution in [-0.2, 0) is 26.2 Å². The Balaban J connectivity index is 1.98.